The second-order valence-corrected chi connectivity index (χ2v) is 13.4. The van der Waals surface area contributed by atoms with Crippen LogP contribution in [0.25, 0.3) is 28.0 Å². The van der Waals surface area contributed by atoms with Gasteiger partial charge in [-0.25, -0.2) is 0 Å². The number of ether oxygens (including phenoxy) is 2. The molecule has 4 heterocycles. The van der Waals surface area contributed by atoms with E-state index < -0.39 is 5.60 Å². The van der Waals surface area contributed by atoms with E-state index in [0.29, 0.717) is 5.92 Å². The smallest absolute Gasteiger partial charge is 0.178 e. The molecule has 0 aromatic heterocycles. The summed E-state index contributed by atoms with van der Waals surface area (Å²) in [6.07, 6.45) is 7.20. The van der Waals surface area contributed by atoms with Gasteiger partial charge >= 0.3 is 0 Å². The van der Waals surface area contributed by atoms with Crippen LogP contribution < -0.4 is 14.4 Å². The third-order valence-electron chi connectivity index (χ3n) is 11.2. The molecule has 5 aliphatic rings. The van der Waals surface area contributed by atoms with Crippen molar-refractivity contribution >= 4 is 22.5 Å². The van der Waals surface area contributed by atoms with Gasteiger partial charge in [0, 0.05) is 53.8 Å². The van der Waals surface area contributed by atoms with Gasteiger partial charge in [0.1, 0.15) is 11.5 Å². The minimum Gasteiger partial charge on any atom is -0.497 e. The number of hydrogen-bond acceptors (Lipinski definition) is 4. The number of hydrogen-bond donors (Lipinski definition) is 0. The molecule has 10 rings (SSSR count). The standard InChI is InChI=1S/C41H38N2O2/c1-42(2)30-16-12-28(13-17-30)41(29-14-18-31(44-3)19-15-29)23-20-35-38-37(32-8-4-5-9-33(32)39(35)45-41)34-10-6-7-11-36(34)40(38)26-43-24-21-27(40)22-25-43/h4-20,23,27H,21-22,24-26H2,1-3H3. The predicted molar refractivity (Wildman–Crippen MR) is 184 cm³/mol. The van der Waals surface area contributed by atoms with Crippen molar-refractivity contribution in [1.82, 2.24) is 4.90 Å². The number of nitrogens with zero attached hydrogens (tertiary/aromatic N) is 2. The van der Waals surface area contributed by atoms with Crippen molar-refractivity contribution in [2.24, 2.45) is 5.92 Å². The lowest BCUT2D eigenvalue weighted by Gasteiger charge is -2.53. The van der Waals surface area contributed by atoms with Gasteiger partial charge in [-0.1, -0.05) is 78.9 Å². The Morgan fingerprint density at radius 1 is 0.800 bits per heavy atom. The topological polar surface area (TPSA) is 24.9 Å². The Morgan fingerprint density at radius 2 is 1.47 bits per heavy atom. The first-order valence-corrected chi connectivity index (χ1v) is 16.3. The molecule has 2 unspecified atom stereocenters. The molecule has 5 aromatic rings. The quantitative estimate of drug-likeness (QED) is 0.210. The molecular formula is C41H38N2O2. The highest BCUT2D eigenvalue weighted by molar-refractivity contribution is 6.08. The monoisotopic (exact) mass is 590 g/mol. The van der Waals surface area contributed by atoms with Crippen LogP contribution in [0.1, 0.15) is 40.7 Å². The van der Waals surface area contributed by atoms with Gasteiger partial charge in [0.05, 0.1) is 7.11 Å². The van der Waals surface area contributed by atoms with Gasteiger partial charge in [-0.3, -0.25) is 0 Å². The lowest BCUT2D eigenvalue weighted by atomic mass is 9.60. The lowest BCUT2D eigenvalue weighted by molar-refractivity contribution is 0.0469. The van der Waals surface area contributed by atoms with Gasteiger partial charge in [-0.05, 0) is 89.8 Å². The summed E-state index contributed by atoms with van der Waals surface area (Å²) in [4.78, 5) is 4.84. The van der Waals surface area contributed by atoms with Crippen LogP contribution in [0, 0.1) is 5.92 Å². The van der Waals surface area contributed by atoms with Crippen molar-refractivity contribution in [3.8, 4) is 22.6 Å². The summed E-state index contributed by atoms with van der Waals surface area (Å²) in [6.45, 7) is 3.49. The van der Waals surface area contributed by atoms with Crippen molar-refractivity contribution < 1.29 is 9.47 Å². The zero-order chi connectivity index (χ0) is 30.3. The van der Waals surface area contributed by atoms with E-state index in [4.69, 9.17) is 9.47 Å². The summed E-state index contributed by atoms with van der Waals surface area (Å²) < 4.78 is 13.1. The number of methoxy groups -OCH3 is 1. The van der Waals surface area contributed by atoms with Gasteiger partial charge in [0.15, 0.2) is 5.60 Å². The first kappa shape index (κ1) is 26.8. The van der Waals surface area contributed by atoms with E-state index in [-0.39, 0.29) is 5.41 Å². The number of benzene rings is 5. The molecule has 224 valence electrons. The maximum Gasteiger partial charge on any atom is 0.178 e. The van der Waals surface area contributed by atoms with Crippen LogP contribution in [0.5, 0.6) is 11.5 Å². The molecule has 3 saturated heterocycles. The van der Waals surface area contributed by atoms with Crippen molar-refractivity contribution in [2.45, 2.75) is 23.9 Å². The van der Waals surface area contributed by atoms with Gasteiger partial charge in [-0.2, -0.15) is 0 Å². The average Bonchev–Trinajstić information content (AvgIpc) is 3.38. The first-order valence-electron chi connectivity index (χ1n) is 16.3. The average molecular weight is 591 g/mol. The molecule has 4 nitrogen and oxygen atoms in total. The molecular weight excluding hydrogens is 552 g/mol. The highest BCUT2D eigenvalue weighted by atomic mass is 16.5. The minimum atomic E-state index is -0.797. The fraction of sp³-hybridized carbons (Fsp3) is 0.268. The van der Waals surface area contributed by atoms with Crippen molar-refractivity contribution in [1.29, 1.82) is 0 Å². The first-order chi connectivity index (χ1) is 22.0. The molecule has 2 bridgehead atoms. The number of fused-ring (bicyclic) bond motifs is 10. The summed E-state index contributed by atoms with van der Waals surface area (Å²) in [5.74, 6) is 2.45. The number of piperidine rings is 3. The van der Waals surface area contributed by atoms with Crippen molar-refractivity contribution in [3.63, 3.8) is 0 Å². The maximum absolute atomic E-state index is 7.56. The zero-order valence-electron chi connectivity index (χ0n) is 26.2. The second kappa shape index (κ2) is 9.73. The van der Waals surface area contributed by atoms with E-state index in [1.807, 2.05) is 12.1 Å². The molecule has 5 aromatic carbocycles. The summed E-state index contributed by atoms with van der Waals surface area (Å²) in [7, 11) is 5.88. The maximum atomic E-state index is 7.56. The van der Waals surface area contributed by atoms with E-state index in [9.17, 15) is 0 Å². The second-order valence-electron chi connectivity index (χ2n) is 13.4. The highest BCUT2D eigenvalue weighted by Crippen LogP contribution is 2.63. The van der Waals surface area contributed by atoms with Crippen LogP contribution in [-0.2, 0) is 11.0 Å². The molecule has 0 radical (unpaired) electrons. The molecule has 1 spiro atoms. The normalized spacial score (nSPS) is 25.5. The van der Waals surface area contributed by atoms with E-state index in [2.05, 4.69) is 121 Å². The van der Waals surface area contributed by atoms with Gasteiger partial charge in [-0.15, -0.1) is 0 Å². The third kappa shape index (κ3) is 3.63. The van der Waals surface area contributed by atoms with Crippen LogP contribution >= 0.6 is 0 Å². The summed E-state index contributed by atoms with van der Waals surface area (Å²) in [5.41, 5.74) is 9.57. The fourth-order valence-electron chi connectivity index (χ4n) is 9.04. The van der Waals surface area contributed by atoms with E-state index in [1.54, 1.807) is 7.11 Å². The van der Waals surface area contributed by atoms with Crippen molar-refractivity contribution in [3.05, 3.63) is 131 Å². The number of anilines is 1. The molecule has 3 fully saturated rings. The molecule has 0 amide bonds. The van der Waals surface area contributed by atoms with E-state index in [0.717, 1.165) is 34.9 Å². The van der Waals surface area contributed by atoms with E-state index in [1.165, 1.54) is 64.5 Å². The minimum absolute atomic E-state index is 0.0300. The van der Waals surface area contributed by atoms with Crippen LogP contribution in [0.2, 0.25) is 0 Å². The van der Waals surface area contributed by atoms with Crippen LogP contribution in [0.3, 0.4) is 0 Å². The Kier molecular flexibility index (Phi) is 5.80. The van der Waals surface area contributed by atoms with Crippen LogP contribution in [0.15, 0.2) is 103 Å². The van der Waals surface area contributed by atoms with Gasteiger partial charge < -0.3 is 19.3 Å². The Balaban J connectivity index is 1.33. The highest BCUT2D eigenvalue weighted by Gasteiger charge is 2.56. The molecule has 45 heavy (non-hydrogen) atoms. The Morgan fingerprint density at radius 3 is 2.13 bits per heavy atom. The Hall–Kier alpha value is -4.54. The summed E-state index contributed by atoms with van der Waals surface area (Å²) >= 11 is 0. The molecule has 1 aliphatic carbocycles. The Labute approximate surface area is 265 Å². The molecule has 0 N–H and O–H groups in total. The summed E-state index contributed by atoms with van der Waals surface area (Å²) in [6, 6.07) is 35.3. The van der Waals surface area contributed by atoms with Crippen LogP contribution in [0.4, 0.5) is 5.69 Å². The van der Waals surface area contributed by atoms with Gasteiger partial charge in [0.2, 0.25) is 0 Å². The molecule has 4 aliphatic heterocycles. The van der Waals surface area contributed by atoms with Gasteiger partial charge in [0.25, 0.3) is 0 Å². The van der Waals surface area contributed by atoms with E-state index >= 15 is 0 Å². The Bertz CT molecular complexity index is 1990. The molecule has 0 saturated carbocycles. The zero-order valence-corrected chi connectivity index (χ0v) is 26.2. The predicted octanol–water partition coefficient (Wildman–Crippen LogP) is 8.26. The molecule has 2 atom stereocenters. The lowest BCUT2D eigenvalue weighted by Crippen LogP contribution is -2.57. The largest absolute Gasteiger partial charge is 0.497 e. The number of rotatable bonds is 4. The molecule has 4 heteroatoms. The SMILES string of the molecule is COc1ccc(C2(c3ccc(N(C)C)cc3)C=Cc3c4c(c5ccccc5c3O2)-c2ccccc2C42CN3CCC2CC3)cc1. The van der Waals surface area contributed by atoms with Crippen molar-refractivity contribution in [2.75, 3.05) is 45.7 Å². The summed E-state index contributed by atoms with van der Waals surface area (Å²) in [5, 5.41) is 2.46. The fourth-order valence-corrected chi connectivity index (χ4v) is 9.04. The third-order valence-corrected chi connectivity index (χ3v) is 11.2. The van der Waals surface area contributed by atoms with Crippen LogP contribution in [-0.4, -0.2) is 45.7 Å².